The highest BCUT2D eigenvalue weighted by Gasteiger charge is 2.56. The molecule has 4 unspecified atom stereocenters. The minimum atomic E-state index is -0.656. The highest BCUT2D eigenvalue weighted by atomic mass is 16.5. The molecule has 5 aromatic rings. The van der Waals surface area contributed by atoms with Gasteiger partial charge in [-0.25, -0.2) is 41.7 Å². The summed E-state index contributed by atoms with van der Waals surface area (Å²) in [6, 6.07) is 28.1. The molecular formula is C40H44N8O6+2. The summed E-state index contributed by atoms with van der Waals surface area (Å²) in [5.74, 6) is 11.9. The number of carbonyl (C=O) groups is 4. The average Bonchev–Trinajstić information content (AvgIpc) is 3.86. The molecule has 8 N–H and O–H groups in total. The van der Waals surface area contributed by atoms with Gasteiger partial charge in [0.15, 0.2) is 12.3 Å². The lowest BCUT2D eigenvalue weighted by Gasteiger charge is -2.34. The van der Waals surface area contributed by atoms with Crippen LogP contribution < -0.4 is 42.6 Å². The predicted molar refractivity (Wildman–Crippen MR) is 203 cm³/mol. The van der Waals surface area contributed by atoms with Crippen molar-refractivity contribution in [2.24, 2.45) is 11.7 Å². The third kappa shape index (κ3) is 5.94. The number of amides is 6. The molecule has 0 bridgehead atoms. The van der Waals surface area contributed by atoms with E-state index in [0.29, 0.717) is 48.6 Å². The topological polar surface area (TPSA) is 187 Å². The van der Waals surface area contributed by atoms with Gasteiger partial charge in [-0.3, -0.25) is 10.6 Å². The van der Waals surface area contributed by atoms with E-state index in [0.717, 1.165) is 32.7 Å². The third-order valence-corrected chi connectivity index (χ3v) is 11.1. The number of nitrogens with two attached hydrogens (primary N) is 2. The van der Waals surface area contributed by atoms with Crippen LogP contribution >= 0.6 is 0 Å². The van der Waals surface area contributed by atoms with Gasteiger partial charge in [-0.2, -0.15) is 8.97 Å². The summed E-state index contributed by atoms with van der Waals surface area (Å²) < 4.78 is 9.44. The highest BCUT2D eigenvalue weighted by Crippen LogP contribution is 2.38. The van der Waals surface area contributed by atoms with Gasteiger partial charge in [0.2, 0.25) is 0 Å². The lowest BCUT2D eigenvalue weighted by molar-refractivity contribution is -0.782. The minimum Gasteiger partial charge on any atom is -0.497 e. The molecule has 2 heterocycles. The van der Waals surface area contributed by atoms with Gasteiger partial charge in [-0.1, -0.05) is 48.5 Å². The Labute approximate surface area is 312 Å². The summed E-state index contributed by atoms with van der Waals surface area (Å²) in [4.78, 5) is 56.2. The number of nitrogens with zero attached hydrogens (tertiary/aromatic N) is 2. The fourth-order valence-corrected chi connectivity index (χ4v) is 8.35. The number of methoxy groups -OCH3 is 2. The molecule has 0 aliphatic carbocycles. The second-order valence-corrected chi connectivity index (χ2v) is 13.5. The first-order valence-electron chi connectivity index (χ1n) is 17.8. The first-order valence-corrected chi connectivity index (χ1v) is 17.8. The number of hydrazine groups is 2. The Morgan fingerprint density at radius 3 is 1.22 bits per heavy atom. The van der Waals surface area contributed by atoms with Crippen LogP contribution in [0.15, 0.2) is 97.1 Å². The summed E-state index contributed by atoms with van der Waals surface area (Å²) in [5.41, 5.74) is 7.13. The van der Waals surface area contributed by atoms with Crippen LogP contribution in [0.25, 0.3) is 21.5 Å². The van der Waals surface area contributed by atoms with Gasteiger partial charge in [-0.15, -0.1) is 0 Å². The number of rotatable bonds is 8. The zero-order valence-electron chi connectivity index (χ0n) is 30.1. The molecule has 0 spiro atoms. The highest BCUT2D eigenvalue weighted by molar-refractivity contribution is 6.06. The van der Waals surface area contributed by atoms with Crippen molar-refractivity contribution in [3.8, 4) is 11.5 Å². The van der Waals surface area contributed by atoms with Crippen molar-refractivity contribution in [2.75, 3.05) is 40.4 Å². The number of benzene rings is 5. The number of carbonyl (C=O) groups excluding carboxylic acids is 4. The van der Waals surface area contributed by atoms with Crippen molar-refractivity contribution in [3.63, 3.8) is 0 Å². The fraction of sp³-hybridized carbons (Fsp3) is 0.250. The molecule has 6 amide bonds. The van der Waals surface area contributed by atoms with Crippen molar-refractivity contribution in [2.45, 2.75) is 25.2 Å². The second-order valence-electron chi connectivity index (χ2n) is 13.5. The molecule has 278 valence electrons. The molecule has 4 atom stereocenters. The van der Waals surface area contributed by atoms with Gasteiger partial charge in [0.25, 0.3) is 0 Å². The molecular weight excluding hydrogens is 688 g/mol. The van der Waals surface area contributed by atoms with Gasteiger partial charge in [-0.05, 0) is 81.2 Å². The van der Waals surface area contributed by atoms with E-state index in [2.05, 4.69) is 21.5 Å². The Bertz CT molecular complexity index is 2030. The van der Waals surface area contributed by atoms with Crippen LogP contribution in [0.1, 0.15) is 31.8 Å². The van der Waals surface area contributed by atoms with E-state index in [1.54, 1.807) is 62.8 Å². The van der Waals surface area contributed by atoms with E-state index in [1.807, 2.05) is 48.5 Å². The Kier molecular flexibility index (Phi) is 10.1. The summed E-state index contributed by atoms with van der Waals surface area (Å²) in [6.45, 7) is 1.22. The van der Waals surface area contributed by atoms with Gasteiger partial charge in [0.05, 0.1) is 38.4 Å². The van der Waals surface area contributed by atoms with Crippen LogP contribution in [-0.2, 0) is 12.8 Å². The van der Waals surface area contributed by atoms with E-state index in [-0.39, 0.29) is 24.9 Å². The second kappa shape index (κ2) is 14.9. The predicted octanol–water partition coefficient (Wildman–Crippen LogP) is 3.43. The van der Waals surface area contributed by atoms with Crippen molar-refractivity contribution in [1.82, 2.24) is 21.5 Å². The van der Waals surface area contributed by atoms with Gasteiger partial charge in [0, 0.05) is 12.8 Å². The number of nitrogens with one attached hydrogen (secondary N) is 4. The monoisotopic (exact) mass is 732 g/mol. The molecule has 5 aromatic carbocycles. The minimum absolute atomic E-state index is 0.200. The van der Waals surface area contributed by atoms with Crippen LogP contribution in [0, 0.1) is 0 Å². The zero-order valence-corrected chi connectivity index (χ0v) is 30.1. The lowest BCUT2D eigenvalue weighted by atomic mass is 9.87. The molecule has 0 aromatic heterocycles. The molecule has 54 heavy (non-hydrogen) atoms. The van der Waals surface area contributed by atoms with Crippen molar-refractivity contribution in [3.05, 3.63) is 119 Å². The van der Waals surface area contributed by atoms with Crippen molar-refractivity contribution in [1.29, 1.82) is 0 Å². The molecule has 2 aliphatic rings. The zero-order chi connectivity index (χ0) is 38.0. The molecule has 2 saturated heterocycles. The average molecular weight is 733 g/mol. The van der Waals surface area contributed by atoms with Crippen LogP contribution in [-0.4, -0.2) is 85.6 Å². The maximum absolute atomic E-state index is 14.4. The first-order chi connectivity index (χ1) is 26.2. The van der Waals surface area contributed by atoms with Crippen LogP contribution in [0.2, 0.25) is 0 Å². The first kappa shape index (κ1) is 36.6. The summed E-state index contributed by atoms with van der Waals surface area (Å²) in [6.07, 6.45) is -0.692. The molecule has 0 radical (unpaired) electrons. The summed E-state index contributed by atoms with van der Waals surface area (Å²) in [5, 5.41) is 10.6. The number of urea groups is 2. The smallest absolute Gasteiger partial charge is 0.439 e. The molecule has 2 fully saturated rings. The van der Waals surface area contributed by atoms with Crippen molar-refractivity contribution < 1.29 is 37.6 Å². The third-order valence-electron chi connectivity index (χ3n) is 11.1. The summed E-state index contributed by atoms with van der Waals surface area (Å²) in [7, 11) is 3.09. The van der Waals surface area contributed by atoms with E-state index < -0.39 is 33.4 Å². The Morgan fingerprint density at radius 1 is 0.593 bits per heavy atom. The number of ether oxygens (including phenoxy) is 2. The lowest BCUT2D eigenvalue weighted by Crippen LogP contribution is -2.66. The fourth-order valence-electron chi connectivity index (χ4n) is 8.35. The Morgan fingerprint density at radius 2 is 0.926 bits per heavy atom. The number of quaternary nitrogens is 2. The van der Waals surface area contributed by atoms with E-state index in [9.17, 15) is 19.2 Å². The number of hydrogen-bond donors (Lipinski definition) is 6. The standard InChI is InChI=1S/C40H42N8O6/c1-53-27-15-11-25(12-16-27)37(49)47(39(51)45-41)21-19-43-35(47)23-33-29-7-3-5-9-31(29)34(32-10-6-4-8-30(32)33)24-36-44-20-22-48(36,40(52)46-42)38(50)26-13-17-28(54-2)18-14-26/h3-18,35-36,43-44H,19-24,41-42H2,1-2H3/p+2. The Hall–Kier alpha value is -5.74. The van der Waals surface area contributed by atoms with Gasteiger partial charge >= 0.3 is 23.9 Å². The van der Waals surface area contributed by atoms with Crippen LogP contribution in [0.3, 0.4) is 0 Å². The molecule has 14 heteroatoms. The maximum Gasteiger partial charge on any atom is 0.439 e. The number of hydrogen-bond acceptors (Lipinski definition) is 10. The van der Waals surface area contributed by atoms with Crippen LogP contribution in [0.4, 0.5) is 9.59 Å². The molecule has 7 rings (SSSR count). The maximum atomic E-state index is 14.4. The van der Waals surface area contributed by atoms with Crippen LogP contribution in [0.5, 0.6) is 11.5 Å². The molecule has 14 nitrogen and oxygen atoms in total. The molecule has 2 aliphatic heterocycles. The SMILES string of the molecule is COc1ccc(C(=O)[N+]2(C(=O)NN)CCNC2Cc2c3ccccc3c(CC3NCC[N+]3(C(=O)NN)C(=O)c3ccc(OC)cc3)c3ccccc23)cc1. The van der Waals surface area contributed by atoms with Crippen molar-refractivity contribution >= 4 is 45.4 Å². The van der Waals surface area contributed by atoms with E-state index in [1.165, 1.54) is 0 Å². The summed E-state index contributed by atoms with van der Waals surface area (Å²) >= 11 is 0. The normalized spacial score (nSPS) is 22.2. The van der Waals surface area contributed by atoms with Gasteiger partial charge in [0.1, 0.15) is 24.6 Å². The number of imide groups is 2. The van der Waals surface area contributed by atoms with E-state index in [4.69, 9.17) is 21.2 Å². The number of fused-ring (bicyclic) bond motifs is 2. The largest absolute Gasteiger partial charge is 0.497 e. The quantitative estimate of drug-likeness (QED) is 0.0454. The van der Waals surface area contributed by atoms with Gasteiger partial charge < -0.3 is 9.47 Å². The van der Waals surface area contributed by atoms with E-state index >= 15 is 0 Å². The Balaban J connectivity index is 1.33. The molecule has 0 saturated carbocycles.